The quantitative estimate of drug-likeness (QED) is 0.579. The molecule has 114 valence electrons. The van der Waals surface area contributed by atoms with Crippen LogP contribution < -0.4 is 5.32 Å². The number of aryl methyl sites for hydroxylation is 1. The fourth-order valence-corrected chi connectivity index (χ4v) is 2.42. The number of nitro benzene ring substituents is 1. The summed E-state index contributed by atoms with van der Waals surface area (Å²) in [5.41, 5.74) is 1.38. The van der Waals surface area contributed by atoms with Crippen LogP contribution in [0.3, 0.4) is 0 Å². The van der Waals surface area contributed by atoms with Gasteiger partial charge in [0.05, 0.1) is 4.92 Å². The van der Waals surface area contributed by atoms with Crippen LogP contribution in [0, 0.1) is 17.0 Å². The lowest BCUT2D eigenvalue weighted by Gasteiger charge is -2.07. The minimum atomic E-state index is -0.484. The number of carbonyl (C=O) groups is 1. The van der Waals surface area contributed by atoms with Crippen molar-refractivity contribution in [1.82, 2.24) is 0 Å². The topological polar surface area (TPSA) is 72.2 Å². The molecule has 1 N–H and O–H groups in total. The summed E-state index contributed by atoms with van der Waals surface area (Å²) in [6, 6.07) is 17.9. The number of anilines is 1. The normalized spacial score (nSPS) is 10.5. The average Bonchev–Trinajstić information content (AvgIpc) is 2.54. The molecule has 0 radical (unpaired) electrons. The van der Waals surface area contributed by atoms with E-state index in [0.717, 1.165) is 10.8 Å². The Morgan fingerprint density at radius 2 is 1.74 bits per heavy atom. The smallest absolute Gasteiger partial charge is 0.273 e. The lowest BCUT2D eigenvalue weighted by molar-refractivity contribution is -0.385. The summed E-state index contributed by atoms with van der Waals surface area (Å²) in [5, 5.41) is 15.8. The number of nitrogens with zero attached hydrogens (tertiary/aromatic N) is 1. The van der Waals surface area contributed by atoms with Crippen LogP contribution in [0.15, 0.2) is 60.7 Å². The molecule has 0 unspecified atom stereocenters. The van der Waals surface area contributed by atoms with Gasteiger partial charge in [-0.05, 0) is 35.9 Å². The van der Waals surface area contributed by atoms with Crippen molar-refractivity contribution >= 4 is 28.1 Å². The number of fused-ring (bicyclic) bond motifs is 1. The van der Waals surface area contributed by atoms with Gasteiger partial charge in [0.25, 0.3) is 11.6 Å². The Bertz CT molecular complexity index is 919. The van der Waals surface area contributed by atoms with Crippen LogP contribution in [0.5, 0.6) is 0 Å². The predicted molar refractivity (Wildman–Crippen MR) is 89.7 cm³/mol. The molecule has 3 aromatic carbocycles. The van der Waals surface area contributed by atoms with E-state index in [1.165, 1.54) is 6.07 Å². The first-order valence-electron chi connectivity index (χ1n) is 7.10. The van der Waals surface area contributed by atoms with E-state index >= 15 is 0 Å². The highest BCUT2D eigenvalue weighted by atomic mass is 16.6. The molecule has 3 aromatic rings. The third kappa shape index (κ3) is 3.03. The number of nitrogens with one attached hydrogen (secondary N) is 1. The molecule has 0 heterocycles. The van der Waals surface area contributed by atoms with Gasteiger partial charge in [-0.1, -0.05) is 36.4 Å². The second-order valence-corrected chi connectivity index (χ2v) is 5.27. The van der Waals surface area contributed by atoms with Gasteiger partial charge in [0.1, 0.15) is 0 Å². The van der Waals surface area contributed by atoms with Gasteiger partial charge in [-0.3, -0.25) is 14.9 Å². The number of rotatable bonds is 3. The Morgan fingerprint density at radius 3 is 2.48 bits per heavy atom. The van der Waals surface area contributed by atoms with Crippen molar-refractivity contribution in [2.24, 2.45) is 0 Å². The van der Waals surface area contributed by atoms with Gasteiger partial charge in [0.2, 0.25) is 0 Å². The maximum atomic E-state index is 12.3. The summed E-state index contributed by atoms with van der Waals surface area (Å²) in [6.45, 7) is 1.64. The first kappa shape index (κ1) is 14.7. The molecule has 0 aliphatic carbocycles. The molecule has 0 bridgehead atoms. The van der Waals surface area contributed by atoms with E-state index in [1.807, 2.05) is 42.5 Å². The molecule has 0 atom stereocenters. The van der Waals surface area contributed by atoms with E-state index < -0.39 is 4.92 Å². The molecule has 0 aliphatic heterocycles. The maximum Gasteiger partial charge on any atom is 0.273 e. The highest BCUT2D eigenvalue weighted by Gasteiger charge is 2.15. The van der Waals surface area contributed by atoms with E-state index in [4.69, 9.17) is 0 Å². The molecule has 23 heavy (non-hydrogen) atoms. The number of nitro groups is 1. The molecule has 0 fully saturated rings. The van der Waals surface area contributed by atoms with Crippen molar-refractivity contribution in [2.75, 3.05) is 5.32 Å². The van der Waals surface area contributed by atoms with Crippen LogP contribution in [-0.4, -0.2) is 10.8 Å². The zero-order valence-corrected chi connectivity index (χ0v) is 12.4. The lowest BCUT2D eigenvalue weighted by atomic mass is 10.1. The molecule has 0 saturated carbocycles. The molecule has 5 heteroatoms. The van der Waals surface area contributed by atoms with Crippen LogP contribution in [0.2, 0.25) is 0 Å². The Kier molecular flexibility index (Phi) is 3.76. The summed E-state index contributed by atoms with van der Waals surface area (Å²) in [4.78, 5) is 22.8. The van der Waals surface area contributed by atoms with Crippen molar-refractivity contribution in [1.29, 1.82) is 0 Å². The molecule has 0 aromatic heterocycles. The second kappa shape index (κ2) is 5.88. The van der Waals surface area contributed by atoms with Gasteiger partial charge in [0.15, 0.2) is 0 Å². The van der Waals surface area contributed by atoms with Gasteiger partial charge < -0.3 is 5.32 Å². The van der Waals surface area contributed by atoms with Crippen molar-refractivity contribution in [3.05, 3.63) is 81.9 Å². The third-order valence-electron chi connectivity index (χ3n) is 3.68. The predicted octanol–water partition coefficient (Wildman–Crippen LogP) is 4.31. The van der Waals surface area contributed by atoms with Crippen molar-refractivity contribution in [3.63, 3.8) is 0 Å². The van der Waals surface area contributed by atoms with Crippen LogP contribution in [0.4, 0.5) is 11.4 Å². The summed E-state index contributed by atoms with van der Waals surface area (Å²) < 4.78 is 0. The van der Waals surface area contributed by atoms with E-state index in [0.29, 0.717) is 11.3 Å². The molecule has 5 nitrogen and oxygen atoms in total. The molecule has 3 rings (SSSR count). The van der Waals surface area contributed by atoms with Crippen molar-refractivity contribution in [2.45, 2.75) is 6.92 Å². The van der Waals surface area contributed by atoms with Crippen LogP contribution in [0.1, 0.15) is 15.9 Å². The Labute approximate surface area is 132 Å². The Hall–Kier alpha value is -3.21. The number of hydrogen-bond acceptors (Lipinski definition) is 3. The average molecular weight is 306 g/mol. The molecular weight excluding hydrogens is 292 g/mol. The lowest BCUT2D eigenvalue weighted by Crippen LogP contribution is -2.12. The van der Waals surface area contributed by atoms with E-state index in [2.05, 4.69) is 5.32 Å². The van der Waals surface area contributed by atoms with E-state index in [-0.39, 0.29) is 17.2 Å². The fourth-order valence-electron chi connectivity index (χ4n) is 2.42. The summed E-state index contributed by atoms with van der Waals surface area (Å²) in [7, 11) is 0. The molecular formula is C18H14N2O3. The Balaban J connectivity index is 1.88. The monoisotopic (exact) mass is 306 g/mol. The SMILES string of the molecule is Cc1ccc(C(=O)Nc2ccc3ccccc3c2)cc1[N+](=O)[O-]. The maximum absolute atomic E-state index is 12.3. The molecule has 0 saturated heterocycles. The summed E-state index contributed by atoms with van der Waals surface area (Å²) in [5.74, 6) is -0.372. The van der Waals surface area contributed by atoms with Gasteiger partial charge >= 0.3 is 0 Å². The van der Waals surface area contributed by atoms with Crippen molar-refractivity contribution in [3.8, 4) is 0 Å². The van der Waals surface area contributed by atoms with E-state index in [9.17, 15) is 14.9 Å². The molecule has 1 amide bonds. The van der Waals surface area contributed by atoms with Gasteiger partial charge in [0, 0.05) is 22.9 Å². The number of hydrogen-bond donors (Lipinski definition) is 1. The summed E-state index contributed by atoms with van der Waals surface area (Å²) >= 11 is 0. The minimum absolute atomic E-state index is 0.0591. The highest BCUT2D eigenvalue weighted by Crippen LogP contribution is 2.22. The van der Waals surface area contributed by atoms with Gasteiger partial charge in [-0.15, -0.1) is 0 Å². The Morgan fingerprint density at radius 1 is 1.00 bits per heavy atom. The van der Waals surface area contributed by atoms with Gasteiger partial charge in [-0.2, -0.15) is 0 Å². The van der Waals surface area contributed by atoms with Crippen LogP contribution in [-0.2, 0) is 0 Å². The van der Waals surface area contributed by atoms with Gasteiger partial charge in [-0.25, -0.2) is 0 Å². The zero-order chi connectivity index (χ0) is 16.4. The van der Waals surface area contributed by atoms with Crippen LogP contribution in [0.25, 0.3) is 10.8 Å². The molecule has 0 aliphatic rings. The summed E-state index contributed by atoms with van der Waals surface area (Å²) in [6.07, 6.45) is 0. The minimum Gasteiger partial charge on any atom is -0.322 e. The number of benzene rings is 3. The first-order chi connectivity index (χ1) is 11.0. The van der Waals surface area contributed by atoms with Crippen LogP contribution >= 0.6 is 0 Å². The largest absolute Gasteiger partial charge is 0.322 e. The van der Waals surface area contributed by atoms with E-state index in [1.54, 1.807) is 19.1 Å². The zero-order valence-electron chi connectivity index (χ0n) is 12.4. The second-order valence-electron chi connectivity index (χ2n) is 5.27. The standard InChI is InChI=1S/C18H14N2O3/c1-12-6-7-15(11-17(12)20(22)23)18(21)19-16-9-8-13-4-2-3-5-14(13)10-16/h2-11H,1H3,(H,19,21). The number of amides is 1. The fraction of sp³-hybridized carbons (Fsp3) is 0.0556. The molecule has 0 spiro atoms. The first-order valence-corrected chi connectivity index (χ1v) is 7.10. The van der Waals surface area contributed by atoms with Crippen molar-refractivity contribution < 1.29 is 9.72 Å². The number of carbonyl (C=O) groups excluding carboxylic acids is 1. The highest BCUT2D eigenvalue weighted by molar-refractivity contribution is 6.05. The third-order valence-corrected chi connectivity index (χ3v) is 3.68.